The van der Waals surface area contributed by atoms with E-state index in [0.717, 1.165) is 22.4 Å². The van der Waals surface area contributed by atoms with Gasteiger partial charge in [-0.1, -0.05) is 47.7 Å². The fraction of sp³-hybridized carbons (Fsp3) is 0.240. The molecule has 0 amide bonds. The van der Waals surface area contributed by atoms with Gasteiger partial charge in [-0.15, -0.1) is 0 Å². The van der Waals surface area contributed by atoms with Gasteiger partial charge in [0.25, 0.3) is 5.56 Å². The Morgan fingerprint density at radius 1 is 1.19 bits per heavy atom. The first-order valence-corrected chi connectivity index (χ1v) is 11.2. The number of rotatable bonds is 5. The van der Waals surface area contributed by atoms with Gasteiger partial charge in [0, 0.05) is 0 Å². The summed E-state index contributed by atoms with van der Waals surface area (Å²) in [6.45, 7) is 5.77. The van der Waals surface area contributed by atoms with E-state index in [2.05, 4.69) is 4.99 Å². The highest BCUT2D eigenvalue weighted by Gasteiger charge is 2.33. The first kappa shape index (κ1) is 21.8. The van der Waals surface area contributed by atoms with Crippen molar-refractivity contribution in [2.45, 2.75) is 26.8 Å². The average molecular weight is 449 g/mol. The fourth-order valence-electron chi connectivity index (χ4n) is 3.82. The average Bonchev–Trinajstić information content (AvgIpc) is 3.09. The van der Waals surface area contributed by atoms with Crippen molar-refractivity contribution in [3.8, 4) is 5.75 Å². The molecule has 0 saturated heterocycles. The predicted octanol–water partition coefficient (Wildman–Crippen LogP) is 3.12. The molecule has 4 rings (SSSR count). The van der Waals surface area contributed by atoms with Crippen LogP contribution in [0.15, 0.2) is 69.6 Å². The van der Waals surface area contributed by atoms with E-state index in [1.54, 1.807) is 25.5 Å². The summed E-state index contributed by atoms with van der Waals surface area (Å²) in [4.78, 5) is 31.6. The van der Waals surface area contributed by atoms with Crippen LogP contribution in [0, 0.1) is 6.92 Å². The van der Waals surface area contributed by atoms with Crippen LogP contribution in [0.2, 0.25) is 0 Å². The van der Waals surface area contributed by atoms with Crippen molar-refractivity contribution < 1.29 is 14.3 Å². The molecule has 2 aromatic carbocycles. The number of esters is 1. The molecule has 1 unspecified atom stereocenters. The van der Waals surface area contributed by atoms with E-state index in [4.69, 9.17) is 9.47 Å². The molecule has 0 saturated carbocycles. The van der Waals surface area contributed by atoms with E-state index in [9.17, 15) is 9.59 Å². The third-order valence-corrected chi connectivity index (χ3v) is 6.38. The van der Waals surface area contributed by atoms with Gasteiger partial charge in [-0.25, -0.2) is 9.79 Å². The molecule has 1 aliphatic heterocycles. The van der Waals surface area contributed by atoms with Gasteiger partial charge in [0.1, 0.15) is 5.75 Å². The monoisotopic (exact) mass is 448 g/mol. The SMILES string of the molecule is CCOC(=O)C1=C(C)N=c2s/c(=C/c3ccc(OC)cc3C)c(=O)n2C1c1ccccc1. The smallest absolute Gasteiger partial charge is 0.338 e. The Balaban J connectivity index is 1.93. The molecule has 0 N–H and O–H groups in total. The maximum atomic E-state index is 13.6. The number of thiazole rings is 1. The van der Waals surface area contributed by atoms with E-state index in [1.165, 1.54) is 11.3 Å². The molecule has 0 fully saturated rings. The van der Waals surface area contributed by atoms with Crippen LogP contribution in [-0.4, -0.2) is 24.3 Å². The van der Waals surface area contributed by atoms with Crippen molar-refractivity contribution in [2.75, 3.05) is 13.7 Å². The quantitative estimate of drug-likeness (QED) is 0.563. The standard InChI is InChI=1S/C25H24N2O4S/c1-5-31-24(29)21-16(3)26-25-27(22(21)17-9-7-6-8-10-17)23(28)20(32-25)14-18-11-12-19(30-4)13-15(18)2/h6-14,22H,5H2,1-4H3/b20-14+. The Morgan fingerprint density at radius 3 is 2.59 bits per heavy atom. The van der Waals surface area contributed by atoms with Gasteiger partial charge < -0.3 is 9.47 Å². The number of fused-ring (bicyclic) bond motifs is 1. The number of carbonyl (C=O) groups is 1. The van der Waals surface area contributed by atoms with Crippen molar-refractivity contribution in [1.29, 1.82) is 0 Å². The topological polar surface area (TPSA) is 69.9 Å². The third kappa shape index (κ3) is 3.91. The molecule has 0 spiro atoms. The minimum atomic E-state index is -0.592. The zero-order chi connectivity index (χ0) is 22.8. The summed E-state index contributed by atoms with van der Waals surface area (Å²) >= 11 is 1.32. The number of benzene rings is 2. The van der Waals surface area contributed by atoms with Crippen molar-refractivity contribution in [3.63, 3.8) is 0 Å². The molecule has 3 aromatic rings. The van der Waals surface area contributed by atoms with Crippen LogP contribution in [0.1, 0.15) is 36.6 Å². The van der Waals surface area contributed by atoms with Crippen LogP contribution >= 0.6 is 11.3 Å². The number of carbonyl (C=O) groups excluding carboxylic acids is 1. The summed E-state index contributed by atoms with van der Waals surface area (Å²) in [5.41, 5.74) is 3.51. The number of aromatic nitrogens is 1. The van der Waals surface area contributed by atoms with Crippen molar-refractivity contribution >= 4 is 23.4 Å². The lowest BCUT2D eigenvalue weighted by molar-refractivity contribution is -0.139. The van der Waals surface area contributed by atoms with Crippen molar-refractivity contribution in [2.24, 2.45) is 4.99 Å². The highest BCUT2D eigenvalue weighted by Crippen LogP contribution is 2.30. The number of allylic oxidation sites excluding steroid dienone is 1. The van der Waals surface area contributed by atoms with Gasteiger partial charge in [0.05, 0.1) is 35.6 Å². The Hall–Kier alpha value is -3.45. The van der Waals surface area contributed by atoms with Crippen LogP contribution < -0.4 is 19.6 Å². The largest absolute Gasteiger partial charge is 0.497 e. The molecule has 7 heteroatoms. The molecular formula is C25H24N2O4S. The highest BCUT2D eigenvalue weighted by molar-refractivity contribution is 7.07. The number of ether oxygens (including phenoxy) is 2. The molecule has 0 radical (unpaired) electrons. The molecule has 6 nitrogen and oxygen atoms in total. The molecule has 1 aromatic heterocycles. The summed E-state index contributed by atoms with van der Waals surface area (Å²) in [5, 5.41) is 0. The van der Waals surface area contributed by atoms with Gasteiger partial charge in [-0.2, -0.15) is 0 Å². The number of hydrogen-bond donors (Lipinski definition) is 0. The second-order valence-electron chi connectivity index (χ2n) is 7.44. The van der Waals surface area contributed by atoms with Crippen LogP contribution in [0.3, 0.4) is 0 Å². The normalized spacial score (nSPS) is 15.9. The third-order valence-electron chi connectivity index (χ3n) is 5.40. The molecule has 2 heterocycles. The summed E-state index contributed by atoms with van der Waals surface area (Å²) < 4.78 is 12.7. The van der Waals surface area contributed by atoms with Crippen LogP contribution in [0.5, 0.6) is 5.75 Å². The fourth-order valence-corrected chi connectivity index (χ4v) is 4.86. The second-order valence-corrected chi connectivity index (χ2v) is 8.44. The Morgan fingerprint density at radius 2 is 1.94 bits per heavy atom. The maximum absolute atomic E-state index is 13.6. The van der Waals surface area contributed by atoms with E-state index < -0.39 is 12.0 Å². The summed E-state index contributed by atoms with van der Waals surface area (Å²) in [6.07, 6.45) is 1.87. The Kier molecular flexibility index (Phi) is 6.10. The lowest BCUT2D eigenvalue weighted by atomic mass is 9.96. The second kappa shape index (κ2) is 8.96. The van der Waals surface area contributed by atoms with Gasteiger partial charge in [-0.05, 0) is 55.7 Å². The molecule has 164 valence electrons. The highest BCUT2D eigenvalue weighted by atomic mass is 32.1. The van der Waals surface area contributed by atoms with Crippen LogP contribution in [-0.2, 0) is 9.53 Å². The zero-order valence-corrected chi connectivity index (χ0v) is 19.2. The van der Waals surface area contributed by atoms with Gasteiger partial charge in [-0.3, -0.25) is 9.36 Å². The number of methoxy groups -OCH3 is 1. The predicted molar refractivity (Wildman–Crippen MR) is 125 cm³/mol. The van der Waals surface area contributed by atoms with Gasteiger partial charge >= 0.3 is 5.97 Å². The molecule has 0 bridgehead atoms. The number of hydrogen-bond acceptors (Lipinski definition) is 6. The van der Waals surface area contributed by atoms with Crippen molar-refractivity contribution in [3.05, 3.63) is 96.2 Å². The number of aryl methyl sites for hydroxylation is 1. The molecule has 32 heavy (non-hydrogen) atoms. The molecule has 0 aliphatic carbocycles. The lowest BCUT2D eigenvalue weighted by Crippen LogP contribution is -2.39. The minimum absolute atomic E-state index is 0.188. The summed E-state index contributed by atoms with van der Waals surface area (Å²) in [6, 6.07) is 14.6. The Bertz CT molecular complexity index is 1380. The lowest BCUT2D eigenvalue weighted by Gasteiger charge is -2.24. The zero-order valence-electron chi connectivity index (χ0n) is 18.4. The van der Waals surface area contributed by atoms with Crippen LogP contribution in [0.25, 0.3) is 6.08 Å². The number of nitrogens with zero attached hydrogens (tertiary/aromatic N) is 2. The first-order chi connectivity index (χ1) is 15.4. The maximum Gasteiger partial charge on any atom is 0.338 e. The van der Waals surface area contributed by atoms with E-state index >= 15 is 0 Å². The van der Waals surface area contributed by atoms with Crippen LogP contribution in [0.4, 0.5) is 0 Å². The molecule has 1 atom stereocenters. The van der Waals surface area contributed by atoms with Gasteiger partial charge in [0.15, 0.2) is 4.80 Å². The summed E-state index contributed by atoms with van der Waals surface area (Å²) in [7, 11) is 1.62. The van der Waals surface area contributed by atoms with E-state index in [-0.39, 0.29) is 12.2 Å². The molecule has 1 aliphatic rings. The summed E-state index contributed by atoms with van der Waals surface area (Å²) in [5.74, 6) is 0.308. The van der Waals surface area contributed by atoms with E-state index in [0.29, 0.717) is 20.6 Å². The minimum Gasteiger partial charge on any atom is -0.497 e. The van der Waals surface area contributed by atoms with Crippen molar-refractivity contribution in [1.82, 2.24) is 4.57 Å². The first-order valence-electron chi connectivity index (χ1n) is 10.3. The van der Waals surface area contributed by atoms with Gasteiger partial charge in [0.2, 0.25) is 0 Å². The van der Waals surface area contributed by atoms with E-state index in [1.807, 2.05) is 61.5 Å². The Labute approximate surface area is 189 Å². The molecular weight excluding hydrogens is 424 g/mol.